The fourth-order valence-corrected chi connectivity index (χ4v) is 1.28. The Kier molecular flexibility index (Phi) is 4.93. The van der Waals surface area contributed by atoms with Crippen LogP contribution < -0.4 is 5.73 Å². The Morgan fingerprint density at radius 2 is 2.00 bits per heavy atom. The molecule has 0 aliphatic carbocycles. The standard InChI is InChI=1S/C8H15NO4S/c1-8(2,3)13-7(12)14-4-5(9)6(10)11/h5H,4,9H2,1-3H3,(H,10,11)/t5-/m0/s1. The van der Waals surface area contributed by atoms with Crippen LogP contribution in [-0.2, 0) is 9.53 Å². The van der Waals surface area contributed by atoms with Gasteiger partial charge in [-0.3, -0.25) is 4.79 Å². The summed E-state index contributed by atoms with van der Waals surface area (Å²) in [5.41, 5.74) is 4.64. The van der Waals surface area contributed by atoms with Crippen molar-refractivity contribution in [1.29, 1.82) is 0 Å². The van der Waals surface area contributed by atoms with E-state index in [4.69, 9.17) is 15.6 Å². The topological polar surface area (TPSA) is 89.6 Å². The van der Waals surface area contributed by atoms with Gasteiger partial charge in [0.15, 0.2) is 0 Å². The molecule has 0 amide bonds. The minimum atomic E-state index is -1.12. The quantitative estimate of drug-likeness (QED) is 0.693. The Labute approximate surface area is 87.0 Å². The maximum absolute atomic E-state index is 11.1. The third kappa shape index (κ3) is 6.73. The van der Waals surface area contributed by atoms with Gasteiger partial charge in [-0.25, -0.2) is 4.79 Å². The van der Waals surface area contributed by atoms with Crippen molar-refractivity contribution in [3.8, 4) is 0 Å². The summed E-state index contributed by atoms with van der Waals surface area (Å²) < 4.78 is 4.94. The van der Waals surface area contributed by atoms with Crippen LogP contribution in [-0.4, -0.2) is 33.8 Å². The van der Waals surface area contributed by atoms with E-state index in [1.165, 1.54) is 0 Å². The van der Waals surface area contributed by atoms with Crippen LogP contribution >= 0.6 is 11.8 Å². The minimum absolute atomic E-state index is 0.0181. The zero-order valence-corrected chi connectivity index (χ0v) is 9.26. The highest BCUT2D eigenvalue weighted by atomic mass is 32.2. The molecular weight excluding hydrogens is 206 g/mol. The Hall–Kier alpha value is -0.750. The second-order valence-corrected chi connectivity index (χ2v) is 4.68. The van der Waals surface area contributed by atoms with Crippen LogP contribution in [0.25, 0.3) is 0 Å². The van der Waals surface area contributed by atoms with Crippen molar-refractivity contribution in [3.05, 3.63) is 0 Å². The first kappa shape index (κ1) is 13.2. The molecule has 0 saturated heterocycles. The lowest BCUT2D eigenvalue weighted by molar-refractivity contribution is -0.137. The number of carboxylic acid groups (broad SMARTS) is 1. The maximum atomic E-state index is 11.1. The van der Waals surface area contributed by atoms with Gasteiger partial charge in [-0.2, -0.15) is 0 Å². The van der Waals surface area contributed by atoms with Gasteiger partial charge in [0.05, 0.1) is 0 Å². The van der Waals surface area contributed by atoms with E-state index < -0.39 is 22.9 Å². The number of carbonyl (C=O) groups is 2. The van der Waals surface area contributed by atoms with Crippen molar-refractivity contribution in [1.82, 2.24) is 0 Å². The fourth-order valence-electron chi connectivity index (χ4n) is 0.509. The van der Waals surface area contributed by atoms with E-state index in [2.05, 4.69) is 0 Å². The first-order valence-electron chi connectivity index (χ1n) is 4.06. The molecule has 82 valence electrons. The number of ether oxygens (including phenoxy) is 1. The molecule has 6 heteroatoms. The van der Waals surface area contributed by atoms with E-state index in [-0.39, 0.29) is 5.75 Å². The van der Waals surface area contributed by atoms with E-state index in [1.54, 1.807) is 20.8 Å². The Balaban J connectivity index is 3.81. The monoisotopic (exact) mass is 221 g/mol. The number of hydrogen-bond acceptors (Lipinski definition) is 5. The lowest BCUT2D eigenvalue weighted by Gasteiger charge is -2.19. The molecule has 0 radical (unpaired) electrons. The number of carbonyl (C=O) groups excluding carboxylic acids is 1. The van der Waals surface area contributed by atoms with Crippen LogP contribution in [0.15, 0.2) is 0 Å². The summed E-state index contributed by atoms with van der Waals surface area (Å²) in [5, 5.41) is 7.93. The summed E-state index contributed by atoms with van der Waals surface area (Å²) in [6.45, 7) is 5.22. The third-order valence-electron chi connectivity index (χ3n) is 1.09. The average molecular weight is 221 g/mol. The summed E-state index contributed by atoms with van der Waals surface area (Å²) in [5.74, 6) is -1.11. The van der Waals surface area contributed by atoms with E-state index in [0.717, 1.165) is 11.8 Å². The second-order valence-electron chi connectivity index (χ2n) is 3.72. The predicted molar refractivity (Wildman–Crippen MR) is 54.3 cm³/mol. The normalized spacial score (nSPS) is 13.4. The van der Waals surface area contributed by atoms with Crippen molar-refractivity contribution in [2.24, 2.45) is 5.73 Å². The SMILES string of the molecule is CC(C)(C)OC(=O)SC[C@H](N)C(=O)O. The molecule has 0 saturated carbocycles. The first-order valence-corrected chi connectivity index (χ1v) is 5.05. The summed E-state index contributed by atoms with van der Waals surface area (Å²) >= 11 is 0.773. The number of carboxylic acids is 1. The molecule has 0 aliphatic heterocycles. The maximum Gasteiger partial charge on any atom is 0.367 e. The highest BCUT2D eigenvalue weighted by Crippen LogP contribution is 2.14. The molecule has 1 atom stereocenters. The molecule has 3 N–H and O–H groups in total. The zero-order chi connectivity index (χ0) is 11.4. The van der Waals surface area contributed by atoms with E-state index in [9.17, 15) is 9.59 Å². The second kappa shape index (κ2) is 5.21. The Morgan fingerprint density at radius 1 is 1.50 bits per heavy atom. The minimum Gasteiger partial charge on any atom is -0.480 e. The third-order valence-corrected chi connectivity index (χ3v) is 1.93. The first-order chi connectivity index (χ1) is 6.22. The number of rotatable bonds is 3. The van der Waals surface area contributed by atoms with E-state index in [1.807, 2.05) is 0 Å². The molecule has 0 unspecified atom stereocenters. The number of nitrogens with two attached hydrogens (primary N) is 1. The highest BCUT2D eigenvalue weighted by molar-refractivity contribution is 8.13. The molecule has 14 heavy (non-hydrogen) atoms. The number of thioether (sulfide) groups is 1. The van der Waals surface area contributed by atoms with Crippen molar-refractivity contribution >= 4 is 23.0 Å². The molecule has 0 aromatic heterocycles. The molecular formula is C8H15NO4S. The number of hydrogen-bond donors (Lipinski definition) is 2. The van der Waals surface area contributed by atoms with Gasteiger partial charge in [0, 0.05) is 5.75 Å². The van der Waals surface area contributed by atoms with Crippen LogP contribution in [0.3, 0.4) is 0 Å². The molecule has 0 aliphatic rings. The molecule has 5 nitrogen and oxygen atoms in total. The van der Waals surface area contributed by atoms with E-state index >= 15 is 0 Å². The van der Waals surface area contributed by atoms with Gasteiger partial charge in [-0.05, 0) is 32.5 Å². The van der Waals surface area contributed by atoms with Crippen molar-refractivity contribution in [2.45, 2.75) is 32.4 Å². The molecule has 0 rings (SSSR count). The zero-order valence-electron chi connectivity index (χ0n) is 8.44. The van der Waals surface area contributed by atoms with Crippen molar-refractivity contribution in [2.75, 3.05) is 5.75 Å². The molecule has 0 fully saturated rings. The smallest absolute Gasteiger partial charge is 0.367 e. The lowest BCUT2D eigenvalue weighted by Crippen LogP contribution is -2.33. The van der Waals surface area contributed by atoms with Gasteiger partial charge in [-0.1, -0.05) is 0 Å². The van der Waals surface area contributed by atoms with E-state index in [0.29, 0.717) is 0 Å². The van der Waals surface area contributed by atoms with Crippen LogP contribution in [0, 0.1) is 0 Å². The van der Waals surface area contributed by atoms with Crippen LogP contribution in [0.1, 0.15) is 20.8 Å². The molecule has 0 aromatic rings. The summed E-state index contributed by atoms with van der Waals surface area (Å²) in [6, 6.07) is -1.03. The van der Waals surface area contributed by atoms with Gasteiger partial charge in [-0.15, -0.1) is 0 Å². The van der Waals surface area contributed by atoms with Crippen molar-refractivity contribution in [3.63, 3.8) is 0 Å². The summed E-state index contributed by atoms with van der Waals surface area (Å²) in [6.07, 6.45) is 0. The van der Waals surface area contributed by atoms with Crippen LogP contribution in [0.4, 0.5) is 4.79 Å². The molecule has 0 aromatic carbocycles. The Bertz CT molecular complexity index is 224. The molecule has 0 bridgehead atoms. The van der Waals surface area contributed by atoms with Gasteiger partial charge in [0.25, 0.3) is 0 Å². The lowest BCUT2D eigenvalue weighted by atomic mass is 10.2. The predicted octanol–water partition coefficient (Wildman–Crippen LogP) is 1.07. The largest absolute Gasteiger partial charge is 0.480 e. The summed E-state index contributed by atoms with van der Waals surface area (Å²) in [7, 11) is 0. The number of aliphatic carboxylic acids is 1. The molecule has 0 heterocycles. The fraction of sp³-hybridized carbons (Fsp3) is 0.750. The summed E-state index contributed by atoms with van der Waals surface area (Å²) in [4.78, 5) is 21.4. The Morgan fingerprint density at radius 3 is 2.36 bits per heavy atom. The van der Waals surface area contributed by atoms with Crippen molar-refractivity contribution < 1.29 is 19.4 Å². The van der Waals surface area contributed by atoms with Gasteiger partial charge in [0.1, 0.15) is 11.6 Å². The molecule has 0 spiro atoms. The van der Waals surface area contributed by atoms with Gasteiger partial charge >= 0.3 is 11.3 Å². The van der Waals surface area contributed by atoms with Gasteiger partial charge < -0.3 is 15.6 Å². The van der Waals surface area contributed by atoms with Gasteiger partial charge in [0.2, 0.25) is 0 Å². The van der Waals surface area contributed by atoms with Crippen LogP contribution in [0.5, 0.6) is 0 Å². The average Bonchev–Trinajstić information content (AvgIpc) is 1.96. The van der Waals surface area contributed by atoms with Crippen LogP contribution in [0.2, 0.25) is 0 Å². The highest BCUT2D eigenvalue weighted by Gasteiger charge is 2.19.